The lowest BCUT2D eigenvalue weighted by molar-refractivity contribution is 0.0735. The molecule has 7 nitrogen and oxygen atoms in total. The van der Waals surface area contributed by atoms with Gasteiger partial charge in [-0.3, -0.25) is 4.98 Å². The Bertz CT molecular complexity index is 788. The van der Waals surface area contributed by atoms with Gasteiger partial charge in [0, 0.05) is 18.4 Å². The number of pyridine rings is 1. The van der Waals surface area contributed by atoms with Crippen LogP contribution < -0.4 is 0 Å². The zero-order valence-corrected chi connectivity index (χ0v) is 14.0. The number of hydrogen-bond acceptors (Lipinski definition) is 5. The molecule has 23 heavy (non-hydrogen) atoms. The monoisotopic (exact) mass is 336 g/mol. The molecule has 0 saturated carbocycles. The van der Waals surface area contributed by atoms with Crippen LogP contribution in [0.1, 0.15) is 23.1 Å². The van der Waals surface area contributed by atoms with Crippen molar-refractivity contribution in [2.75, 3.05) is 19.4 Å². The SMILES string of the molecule is Cc1cccc(COCC2CN(S(C)(=O)=O)Cc3cncn32)n1. The maximum absolute atomic E-state index is 11.8. The number of nitrogens with zero attached hydrogens (tertiary/aromatic N) is 4. The molecule has 8 heteroatoms. The van der Waals surface area contributed by atoms with Gasteiger partial charge in [0.05, 0.1) is 49.8 Å². The first-order valence-electron chi connectivity index (χ1n) is 7.39. The molecule has 0 bridgehead atoms. The van der Waals surface area contributed by atoms with E-state index in [1.165, 1.54) is 10.6 Å². The van der Waals surface area contributed by atoms with Crippen molar-refractivity contribution in [2.24, 2.45) is 0 Å². The van der Waals surface area contributed by atoms with Gasteiger partial charge in [-0.2, -0.15) is 4.31 Å². The fourth-order valence-corrected chi connectivity index (χ4v) is 3.53. The number of rotatable bonds is 5. The van der Waals surface area contributed by atoms with E-state index in [4.69, 9.17) is 4.74 Å². The zero-order chi connectivity index (χ0) is 16.4. The molecular weight excluding hydrogens is 316 g/mol. The van der Waals surface area contributed by atoms with Crippen molar-refractivity contribution in [1.29, 1.82) is 0 Å². The van der Waals surface area contributed by atoms with Crippen molar-refractivity contribution in [1.82, 2.24) is 18.8 Å². The molecule has 1 aliphatic heterocycles. The molecule has 2 aromatic rings. The van der Waals surface area contributed by atoms with Gasteiger partial charge in [0.25, 0.3) is 0 Å². The van der Waals surface area contributed by atoms with Crippen molar-refractivity contribution in [2.45, 2.75) is 26.1 Å². The highest BCUT2D eigenvalue weighted by Crippen LogP contribution is 2.23. The molecule has 2 aromatic heterocycles. The summed E-state index contributed by atoms with van der Waals surface area (Å²) in [7, 11) is -3.24. The molecule has 1 atom stereocenters. The Hall–Kier alpha value is -1.77. The summed E-state index contributed by atoms with van der Waals surface area (Å²) in [5.41, 5.74) is 2.69. The number of imidazole rings is 1. The predicted molar refractivity (Wildman–Crippen MR) is 85.1 cm³/mol. The average Bonchev–Trinajstić information content (AvgIpc) is 2.95. The lowest BCUT2D eigenvalue weighted by atomic mass is 10.2. The standard InChI is InChI=1S/C15H20N4O3S/c1-12-4-3-5-13(17-12)9-22-10-15-8-18(23(2,20)21)7-14-6-16-11-19(14)15/h3-6,11,15H,7-10H2,1-2H3. The molecular formula is C15H20N4O3S. The highest BCUT2D eigenvalue weighted by atomic mass is 32.2. The number of aromatic nitrogens is 3. The number of fused-ring (bicyclic) bond motifs is 1. The minimum Gasteiger partial charge on any atom is -0.373 e. The Kier molecular flexibility index (Phi) is 4.47. The van der Waals surface area contributed by atoms with Crippen LogP contribution in [0.2, 0.25) is 0 Å². The number of aryl methyl sites for hydroxylation is 1. The lowest BCUT2D eigenvalue weighted by Crippen LogP contribution is -2.41. The molecule has 0 aliphatic carbocycles. The molecule has 1 aliphatic rings. The van der Waals surface area contributed by atoms with Crippen LogP contribution in [0.4, 0.5) is 0 Å². The second-order valence-electron chi connectivity index (χ2n) is 5.79. The molecule has 0 spiro atoms. The second kappa shape index (κ2) is 6.38. The molecule has 3 rings (SSSR count). The van der Waals surface area contributed by atoms with E-state index >= 15 is 0 Å². The van der Waals surface area contributed by atoms with E-state index in [1.54, 1.807) is 12.5 Å². The van der Waals surface area contributed by atoms with Crippen molar-refractivity contribution in [3.63, 3.8) is 0 Å². The van der Waals surface area contributed by atoms with E-state index < -0.39 is 10.0 Å². The van der Waals surface area contributed by atoms with E-state index in [0.717, 1.165) is 17.1 Å². The summed E-state index contributed by atoms with van der Waals surface area (Å²) >= 11 is 0. The van der Waals surface area contributed by atoms with Crippen molar-refractivity contribution < 1.29 is 13.2 Å². The summed E-state index contributed by atoms with van der Waals surface area (Å²) in [6.45, 7) is 3.50. The Labute approximate surface area is 136 Å². The maximum Gasteiger partial charge on any atom is 0.211 e. The van der Waals surface area contributed by atoms with Crippen LogP contribution in [-0.2, 0) is 27.9 Å². The fraction of sp³-hybridized carbons (Fsp3) is 0.467. The van der Waals surface area contributed by atoms with Gasteiger partial charge in [-0.1, -0.05) is 6.07 Å². The fourth-order valence-electron chi connectivity index (χ4n) is 2.72. The molecule has 124 valence electrons. The Morgan fingerprint density at radius 3 is 2.96 bits per heavy atom. The summed E-state index contributed by atoms with van der Waals surface area (Å²) in [5, 5.41) is 0. The third-order valence-electron chi connectivity index (χ3n) is 3.87. The van der Waals surface area contributed by atoms with Gasteiger partial charge in [0.15, 0.2) is 0 Å². The summed E-state index contributed by atoms with van der Waals surface area (Å²) in [4.78, 5) is 8.52. The van der Waals surface area contributed by atoms with Gasteiger partial charge < -0.3 is 9.30 Å². The second-order valence-corrected chi connectivity index (χ2v) is 7.77. The normalized spacial score (nSPS) is 18.8. The molecule has 0 amide bonds. The number of ether oxygens (including phenoxy) is 1. The Balaban J connectivity index is 1.67. The molecule has 0 aromatic carbocycles. The first-order valence-corrected chi connectivity index (χ1v) is 9.24. The minimum atomic E-state index is -3.24. The van der Waals surface area contributed by atoms with E-state index in [2.05, 4.69) is 9.97 Å². The minimum absolute atomic E-state index is 0.0826. The largest absolute Gasteiger partial charge is 0.373 e. The Morgan fingerprint density at radius 1 is 1.39 bits per heavy atom. The lowest BCUT2D eigenvalue weighted by Gasteiger charge is -2.32. The van der Waals surface area contributed by atoms with Gasteiger partial charge >= 0.3 is 0 Å². The van der Waals surface area contributed by atoms with E-state index in [1.807, 2.05) is 29.7 Å². The Morgan fingerprint density at radius 2 is 2.22 bits per heavy atom. The van der Waals surface area contributed by atoms with Crippen molar-refractivity contribution >= 4 is 10.0 Å². The number of hydrogen-bond donors (Lipinski definition) is 0. The van der Waals surface area contributed by atoms with Crippen LogP contribution in [-0.4, -0.2) is 46.7 Å². The molecule has 0 fully saturated rings. The van der Waals surface area contributed by atoms with Crippen LogP contribution in [0.3, 0.4) is 0 Å². The van der Waals surface area contributed by atoms with Crippen molar-refractivity contribution in [3.05, 3.63) is 47.8 Å². The van der Waals surface area contributed by atoms with Gasteiger partial charge in [0.1, 0.15) is 0 Å². The summed E-state index contributed by atoms with van der Waals surface area (Å²) in [6.07, 6.45) is 4.66. The van der Waals surface area contributed by atoms with E-state index in [-0.39, 0.29) is 6.04 Å². The van der Waals surface area contributed by atoms with E-state index in [9.17, 15) is 8.42 Å². The maximum atomic E-state index is 11.8. The first kappa shape index (κ1) is 16.1. The average molecular weight is 336 g/mol. The summed E-state index contributed by atoms with van der Waals surface area (Å²) in [6, 6.07) is 5.72. The molecule has 0 N–H and O–H groups in total. The quantitative estimate of drug-likeness (QED) is 0.818. The highest BCUT2D eigenvalue weighted by Gasteiger charge is 2.30. The summed E-state index contributed by atoms with van der Waals surface area (Å²) < 4.78 is 32.9. The topological polar surface area (TPSA) is 77.3 Å². The van der Waals surface area contributed by atoms with Gasteiger partial charge in [-0.05, 0) is 19.1 Å². The zero-order valence-electron chi connectivity index (χ0n) is 13.2. The van der Waals surface area contributed by atoms with Crippen LogP contribution >= 0.6 is 0 Å². The predicted octanol–water partition coefficient (Wildman–Crippen LogP) is 1.12. The van der Waals surface area contributed by atoms with E-state index in [0.29, 0.717) is 26.3 Å². The van der Waals surface area contributed by atoms with Gasteiger partial charge in [-0.15, -0.1) is 0 Å². The third kappa shape index (κ3) is 3.77. The summed E-state index contributed by atoms with van der Waals surface area (Å²) in [5.74, 6) is 0. The van der Waals surface area contributed by atoms with Gasteiger partial charge in [0.2, 0.25) is 10.0 Å². The first-order chi connectivity index (χ1) is 10.9. The highest BCUT2D eigenvalue weighted by molar-refractivity contribution is 7.88. The molecule has 3 heterocycles. The van der Waals surface area contributed by atoms with Crippen LogP contribution in [0.5, 0.6) is 0 Å². The van der Waals surface area contributed by atoms with Gasteiger partial charge in [-0.25, -0.2) is 13.4 Å². The van der Waals surface area contributed by atoms with Crippen LogP contribution in [0.25, 0.3) is 0 Å². The van der Waals surface area contributed by atoms with Crippen molar-refractivity contribution in [3.8, 4) is 0 Å². The van der Waals surface area contributed by atoms with Crippen LogP contribution in [0, 0.1) is 6.92 Å². The number of sulfonamides is 1. The molecule has 0 saturated heterocycles. The third-order valence-corrected chi connectivity index (χ3v) is 5.08. The smallest absolute Gasteiger partial charge is 0.211 e. The van der Waals surface area contributed by atoms with Crippen LogP contribution in [0.15, 0.2) is 30.7 Å². The molecule has 0 radical (unpaired) electrons. The molecule has 1 unspecified atom stereocenters.